The molecule has 1 N–H and O–H groups in total. The Balaban J connectivity index is 2.03. The molecule has 0 aromatic heterocycles. The summed E-state index contributed by atoms with van der Waals surface area (Å²) < 4.78 is 33.8. The fraction of sp³-hybridized carbons (Fsp3) is 0.310. The van der Waals surface area contributed by atoms with Gasteiger partial charge in [-0.2, -0.15) is 0 Å². The highest BCUT2D eigenvalue weighted by molar-refractivity contribution is 7.92. The Morgan fingerprint density at radius 3 is 2.17 bits per heavy atom. The van der Waals surface area contributed by atoms with Gasteiger partial charge in [-0.25, -0.2) is 8.42 Å². The third-order valence-electron chi connectivity index (χ3n) is 6.17. The van der Waals surface area contributed by atoms with Gasteiger partial charge in [0.05, 0.1) is 27.7 Å². The van der Waals surface area contributed by atoms with Gasteiger partial charge in [-0.15, -0.1) is 0 Å². The highest BCUT2D eigenvalue weighted by Gasteiger charge is 2.33. The molecule has 214 valence electrons. The minimum Gasteiger partial charge on any atom is -0.497 e. The summed E-state index contributed by atoms with van der Waals surface area (Å²) >= 11 is 12.7. The van der Waals surface area contributed by atoms with Crippen LogP contribution in [0.15, 0.2) is 77.7 Å². The average Bonchev–Trinajstić information content (AvgIpc) is 2.95. The van der Waals surface area contributed by atoms with E-state index in [0.29, 0.717) is 12.3 Å². The lowest BCUT2D eigenvalue weighted by molar-refractivity contribution is -0.139. The second kappa shape index (κ2) is 13.9. The predicted molar refractivity (Wildman–Crippen MR) is 158 cm³/mol. The predicted octanol–water partition coefficient (Wildman–Crippen LogP) is 5.39. The van der Waals surface area contributed by atoms with Crippen molar-refractivity contribution in [2.45, 2.75) is 38.3 Å². The first-order valence-corrected chi connectivity index (χ1v) is 14.9. The van der Waals surface area contributed by atoms with Crippen LogP contribution in [-0.4, -0.2) is 51.4 Å². The molecule has 0 fully saturated rings. The average molecular weight is 607 g/mol. The van der Waals surface area contributed by atoms with E-state index in [9.17, 15) is 18.0 Å². The van der Waals surface area contributed by atoms with Crippen LogP contribution in [0.5, 0.6) is 5.75 Å². The fourth-order valence-corrected chi connectivity index (χ4v) is 5.78. The number of amides is 2. The van der Waals surface area contributed by atoms with Crippen molar-refractivity contribution in [2.24, 2.45) is 5.92 Å². The molecule has 3 rings (SSSR count). The zero-order chi connectivity index (χ0) is 29.4. The number of nitrogens with zero attached hydrogens (tertiary/aromatic N) is 2. The van der Waals surface area contributed by atoms with Crippen molar-refractivity contribution in [3.05, 3.63) is 88.4 Å². The third kappa shape index (κ3) is 7.68. The molecule has 2 amide bonds. The molecule has 1 atom stereocenters. The molecule has 0 saturated heterocycles. The molecule has 3 aromatic rings. The van der Waals surface area contributed by atoms with Gasteiger partial charge in [0.15, 0.2) is 0 Å². The summed E-state index contributed by atoms with van der Waals surface area (Å²) in [7, 11) is -2.70. The summed E-state index contributed by atoms with van der Waals surface area (Å²) in [6.07, 6.45) is 0. The number of benzene rings is 3. The molecular weight excluding hydrogens is 573 g/mol. The van der Waals surface area contributed by atoms with E-state index >= 15 is 0 Å². The minimum absolute atomic E-state index is 0.0131. The van der Waals surface area contributed by atoms with E-state index in [0.717, 1.165) is 9.87 Å². The Kier molecular flexibility index (Phi) is 10.8. The van der Waals surface area contributed by atoms with Gasteiger partial charge in [0, 0.05) is 13.1 Å². The molecule has 8 nitrogen and oxygen atoms in total. The Morgan fingerprint density at radius 1 is 0.925 bits per heavy atom. The van der Waals surface area contributed by atoms with Crippen LogP contribution >= 0.6 is 23.2 Å². The number of anilines is 1. The summed E-state index contributed by atoms with van der Waals surface area (Å²) in [4.78, 5) is 28.3. The number of carbonyl (C=O) groups excluding carboxylic acids is 2. The van der Waals surface area contributed by atoms with Crippen molar-refractivity contribution >= 4 is 50.7 Å². The molecule has 0 spiro atoms. The number of hydrogen-bond acceptors (Lipinski definition) is 5. The first kappa shape index (κ1) is 31.3. The van der Waals surface area contributed by atoms with Crippen molar-refractivity contribution < 1.29 is 22.7 Å². The second-order valence-corrected chi connectivity index (χ2v) is 12.2. The van der Waals surface area contributed by atoms with Crippen LogP contribution in [0.2, 0.25) is 10.0 Å². The fourth-order valence-electron chi connectivity index (χ4n) is 3.88. The van der Waals surface area contributed by atoms with Crippen LogP contribution in [-0.2, 0) is 26.2 Å². The number of hydrogen-bond donors (Lipinski definition) is 1. The molecule has 0 unspecified atom stereocenters. The molecule has 0 aliphatic carbocycles. The van der Waals surface area contributed by atoms with Crippen molar-refractivity contribution in [2.75, 3.05) is 24.5 Å². The summed E-state index contributed by atoms with van der Waals surface area (Å²) in [5.74, 6) is -0.106. The number of methoxy groups -OCH3 is 1. The number of sulfonamides is 1. The highest BCUT2D eigenvalue weighted by atomic mass is 35.5. The minimum atomic E-state index is -4.25. The quantitative estimate of drug-likeness (QED) is 0.299. The molecule has 11 heteroatoms. The van der Waals surface area contributed by atoms with E-state index in [1.54, 1.807) is 62.6 Å². The van der Waals surface area contributed by atoms with Crippen LogP contribution in [0.3, 0.4) is 0 Å². The third-order valence-corrected chi connectivity index (χ3v) is 8.76. The standard InChI is InChI=1S/C29H33Cl2N3O5S/c1-20(2)17-32-29(36)21(3)33(18-22-13-15-23(39-4)16-14-22)27(35)19-34(26-12-8-11-25(30)28(26)31)40(37,38)24-9-6-5-7-10-24/h5-16,20-21H,17-19H2,1-4H3,(H,32,36)/t21-/m1/s1. The maximum atomic E-state index is 14.0. The zero-order valence-electron chi connectivity index (χ0n) is 22.8. The largest absolute Gasteiger partial charge is 0.497 e. The zero-order valence-corrected chi connectivity index (χ0v) is 25.1. The Bertz CT molecular complexity index is 1420. The molecule has 0 aliphatic heterocycles. The molecule has 3 aromatic carbocycles. The Hall–Kier alpha value is -3.27. The summed E-state index contributed by atoms with van der Waals surface area (Å²) in [6.45, 7) is 5.41. The van der Waals surface area contributed by atoms with Crippen LogP contribution in [0.25, 0.3) is 0 Å². The van der Waals surface area contributed by atoms with Crippen molar-refractivity contribution in [1.82, 2.24) is 10.2 Å². The Morgan fingerprint density at radius 2 is 1.57 bits per heavy atom. The first-order chi connectivity index (χ1) is 18.9. The van der Waals surface area contributed by atoms with Crippen LogP contribution in [0.4, 0.5) is 5.69 Å². The van der Waals surface area contributed by atoms with Gasteiger partial charge >= 0.3 is 0 Å². The van der Waals surface area contributed by atoms with Crippen LogP contribution in [0, 0.1) is 5.92 Å². The highest BCUT2D eigenvalue weighted by Crippen LogP contribution is 2.35. The van der Waals surface area contributed by atoms with Gasteiger partial charge in [0.25, 0.3) is 10.0 Å². The van der Waals surface area contributed by atoms with Gasteiger partial charge in [-0.3, -0.25) is 13.9 Å². The lowest BCUT2D eigenvalue weighted by Gasteiger charge is -2.32. The first-order valence-electron chi connectivity index (χ1n) is 12.7. The molecule has 0 saturated carbocycles. The van der Waals surface area contributed by atoms with Crippen molar-refractivity contribution in [3.63, 3.8) is 0 Å². The second-order valence-electron chi connectivity index (χ2n) is 9.58. The number of nitrogens with one attached hydrogen (secondary N) is 1. The van der Waals surface area contributed by atoms with Gasteiger partial charge in [-0.1, -0.05) is 73.4 Å². The Labute approximate surface area is 245 Å². The summed E-state index contributed by atoms with van der Waals surface area (Å²) in [6, 6.07) is 18.5. The van der Waals surface area contributed by atoms with Crippen LogP contribution in [0.1, 0.15) is 26.3 Å². The van der Waals surface area contributed by atoms with E-state index in [4.69, 9.17) is 27.9 Å². The number of halogens is 2. The van der Waals surface area contributed by atoms with E-state index in [-0.39, 0.29) is 39.0 Å². The maximum Gasteiger partial charge on any atom is 0.264 e. The van der Waals surface area contributed by atoms with E-state index in [2.05, 4.69) is 5.32 Å². The van der Waals surface area contributed by atoms with Crippen LogP contribution < -0.4 is 14.4 Å². The van der Waals surface area contributed by atoms with Gasteiger partial charge in [0.1, 0.15) is 18.3 Å². The van der Waals surface area contributed by atoms with Crippen molar-refractivity contribution in [3.8, 4) is 5.75 Å². The van der Waals surface area contributed by atoms with E-state index in [1.807, 2.05) is 13.8 Å². The summed E-state index contributed by atoms with van der Waals surface area (Å²) in [5.41, 5.74) is 0.781. The van der Waals surface area contributed by atoms with E-state index < -0.39 is 28.5 Å². The molecular formula is C29H33Cl2N3O5S. The smallest absolute Gasteiger partial charge is 0.264 e. The molecule has 0 aliphatic rings. The molecule has 0 radical (unpaired) electrons. The summed E-state index contributed by atoms with van der Waals surface area (Å²) in [5, 5.41) is 2.98. The molecule has 0 heterocycles. The maximum absolute atomic E-state index is 14.0. The SMILES string of the molecule is COc1ccc(CN(C(=O)CN(c2cccc(Cl)c2Cl)S(=O)(=O)c2ccccc2)[C@H](C)C(=O)NCC(C)C)cc1. The molecule has 0 bridgehead atoms. The number of carbonyl (C=O) groups is 2. The van der Waals surface area contributed by atoms with Gasteiger partial charge in [-0.05, 0) is 54.8 Å². The van der Waals surface area contributed by atoms with Crippen molar-refractivity contribution in [1.29, 1.82) is 0 Å². The van der Waals surface area contributed by atoms with Gasteiger partial charge in [0.2, 0.25) is 11.8 Å². The molecule has 40 heavy (non-hydrogen) atoms. The van der Waals surface area contributed by atoms with E-state index in [1.165, 1.54) is 29.2 Å². The monoisotopic (exact) mass is 605 g/mol. The lowest BCUT2D eigenvalue weighted by Crippen LogP contribution is -2.51. The number of ether oxygens (including phenoxy) is 1. The normalized spacial score (nSPS) is 12.1. The van der Waals surface area contributed by atoms with Gasteiger partial charge < -0.3 is 15.0 Å². The lowest BCUT2D eigenvalue weighted by atomic mass is 10.1. The topological polar surface area (TPSA) is 96.0 Å². The number of rotatable bonds is 12.